The average molecular weight is 747 g/mol. The Kier molecular flexibility index (Phi) is 7.03. The van der Waals surface area contributed by atoms with Gasteiger partial charge in [0, 0.05) is 59.4 Å². The number of para-hydroxylation sites is 2. The van der Waals surface area contributed by atoms with Crippen molar-refractivity contribution in [3.05, 3.63) is 182 Å². The van der Waals surface area contributed by atoms with Crippen molar-refractivity contribution >= 4 is 75.3 Å². The predicted molar refractivity (Wildman–Crippen MR) is 236 cm³/mol. The second-order valence-corrected chi connectivity index (χ2v) is 15.4. The van der Waals surface area contributed by atoms with Crippen LogP contribution in [0.25, 0.3) is 115 Å². The second kappa shape index (κ2) is 12.6. The topological polar surface area (TPSA) is 56.7 Å². The number of hydrogen-bond acceptors (Lipinski definition) is 5. The molecule has 0 amide bonds. The molecule has 0 aliphatic carbocycles. The SMILES string of the molecule is c1ccc(-c2nc(-c3ccccc3)nc(-c3cccc4c3sc3c4ccc4c5ccc(-c6ccc7c(c6)oc6ccccc67)cc5n(-c5ccccc5)c43)n2)cc1. The number of hydrogen-bond donors (Lipinski definition) is 0. The zero-order valence-corrected chi connectivity index (χ0v) is 31.2. The highest BCUT2D eigenvalue weighted by atomic mass is 32.1. The van der Waals surface area contributed by atoms with Crippen molar-refractivity contribution in [2.24, 2.45) is 0 Å². The van der Waals surface area contributed by atoms with E-state index in [1.165, 1.54) is 31.8 Å². The number of benzene rings is 8. The summed E-state index contributed by atoms with van der Waals surface area (Å²) in [6, 6.07) is 63.8. The summed E-state index contributed by atoms with van der Waals surface area (Å²) < 4.78 is 11.1. The average Bonchev–Trinajstić information content (AvgIpc) is 3.96. The molecule has 0 saturated heterocycles. The molecular formula is C51H30N4OS. The first-order valence-electron chi connectivity index (χ1n) is 19.0. The molecule has 12 rings (SSSR count). The van der Waals surface area contributed by atoms with Crippen LogP contribution in [0.1, 0.15) is 0 Å². The molecule has 0 radical (unpaired) electrons. The van der Waals surface area contributed by atoms with Gasteiger partial charge in [0.05, 0.1) is 15.7 Å². The summed E-state index contributed by atoms with van der Waals surface area (Å²) in [5, 5.41) is 7.08. The third-order valence-corrected chi connectivity index (χ3v) is 12.3. The van der Waals surface area contributed by atoms with Crippen LogP contribution in [0.3, 0.4) is 0 Å². The molecule has 0 atom stereocenters. The summed E-state index contributed by atoms with van der Waals surface area (Å²) in [5.41, 5.74) is 10.4. The molecule has 0 spiro atoms. The minimum Gasteiger partial charge on any atom is -0.456 e. The van der Waals surface area contributed by atoms with Gasteiger partial charge in [-0.1, -0.05) is 140 Å². The minimum absolute atomic E-state index is 0.652. The fourth-order valence-electron chi connectivity index (χ4n) is 8.39. The van der Waals surface area contributed by atoms with Crippen LogP contribution in [0.4, 0.5) is 0 Å². The van der Waals surface area contributed by atoms with E-state index in [1.807, 2.05) is 59.9 Å². The van der Waals surface area contributed by atoms with Crippen LogP contribution in [0.2, 0.25) is 0 Å². The standard InChI is InChI=1S/C51H30N4OS/c1-4-13-31(14-5-1)49-52-50(32-15-6-2-7-16-32)54-51(53-49)42-21-12-20-40-41-28-27-39-36-25-23-33(34-24-26-38-37-19-10-11-22-44(37)56-45(38)30-34)29-43(36)55(35-17-8-3-9-18-35)46(39)48(41)57-47(40)42/h1-30H. The summed E-state index contributed by atoms with van der Waals surface area (Å²) in [4.78, 5) is 15.2. The molecule has 266 valence electrons. The highest BCUT2D eigenvalue weighted by molar-refractivity contribution is 7.27. The van der Waals surface area contributed by atoms with Crippen LogP contribution in [-0.4, -0.2) is 19.5 Å². The highest BCUT2D eigenvalue weighted by Gasteiger charge is 2.21. The predicted octanol–water partition coefficient (Wildman–Crippen LogP) is 13.9. The lowest BCUT2D eigenvalue weighted by Crippen LogP contribution is -2.00. The van der Waals surface area contributed by atoms with E-state index < -0.39 is 0 Å². The molecule has 6 heteroatoms. The number of furan rings is 1. The van der Waals surface area contributed by atoms with E-state index in [0.29, 0.717) is 17.5 Å². The normalized spacial score (nSPS) is 11.9. The molecule has 0 saturated carbocycles. The van der Waals surface area contributed by atoms with Crippen molar-refractivity contribution < 1.29 is 4.42 Å². The molecule has 0 bridgehead atoms. The van der Waals surface area contributed by atoms with Crippen molar-refractivity contribution in [1.82, 2.24) is 19.5 Å². The number of aromatic nitrogens is 4. The first-order valence-corrected chi connectivity index (χ1v) is 19.8. The first-order chi connectivity index (χ1) is 28.2. The van der Waals surface area contributed by atoms with E-state index in [4.69, 9.17) is 19.4 Å². The van der Waals surface area contributed by atoms with E-state index in [9.17, 15) is 0 Å². The Morgan fingerprint density at radius 2 is 0.947 bits per heavy atom. The molecular weight excluding hydrogens is 717 g/mol. The molecule has 12 aromatic rings. The zero-order valence-electron chi connectivity index (χ0n) is 30.4. The van der Waals surface area contributed by atoms with E-state index in [-0.39, 0.29) is 0 Å². The molecule has 57 heavy (non-hydrogen) atoms. The van der Waals surface area contributed by atoms with Crippen LogP contribution in [-0.2, 0) is 0 Å². The Morgan fingerprint density at radius 1 is 0.386 bits per heavy atom. The van der Waals surface area contributed by atoms with Crippen LogP contribution >= 0.6 is 11.3 Å². The molecule has 4 aromatic heterocycles. The van der Waals surface area contributed by atoms with Gasteiger partial charge in [-0.05, 0) is 53.6 Å². The summed E-state index contributed by atoms with van der Waals surface area (Å²) in [7, 11) is 0. The molecule has 5 nitrogen and oxygen atoms in total. The van der Waals surface area contributed by atoms with E-state index in [1.54, 1.807) is 0 Å². The molecule has 0 N–H and O–H groups in total. The van der Waals surface area contributed by atoms with Gasteiger partial charge in [-0.2, -0.15) is 0 Å². The van der Waals surface area contributed by atoms with Gasteiger partial charge < -0.3 is 8.98 Å². The molecule has 0 unspecified atom stereocenters. The van der Waals surface area contributed by atoms with Crippen molar-refractivity contribution in [3.8, 4) is 51.0 Å². The van der Waals surface area contributed by atoms with E-state index >= 15 is 0 Å². The molecule has 0 aliphatic heterocycles. The van der Waals surface area contributed by atoms with Crippen molar-refractivity contribution in [1.29, 1.82) is 0 Å². The van der Waals surface area contributed by atoms with Gasteiger partial charge in [-0.3, -0.25) is 0 Å². The van der Waals surface area contributed by atoms with Crippen molar-refractivity contribution in [3.63, 3.8) is 0 Å². The fourth-order valence-corrected chi connectivity index (χ4v) is 9.73. The summed E-state index contributed by atoms with van der Waals surface area (Å²) in [5.74, 6) is 1.96. The number of nitrogens with zero attached hydrogens (tertiary/aromatic N) is 4. The molecule has 0 fully saturated rings. The van der Waals surface area contributed by atoms with Gasteiger partial charge >= 0.3 is 0 Å². The Balaban J connectivity index is 1.10. The highest BCUT2D eigenvalue weighted by Crippen LogP contribution is 2.46. The van der Waals surface area contributed by atoms with Crippen LogP contribution in [0.5, 0.6) is 0 Å². The Hall–Kier alpha value is -7.41. The zero-order chi connectivity index (χ0) is 37.5. The van der Waals surface area contributed by atoms with Gasteiger partial charge in [0.25, 0.3) is 0 Å². The summed E-state index contributed by atoms with van der Waals surface area (Å²) in [6.07, 6.45) is 0. The quantitative estimate of drug-likeness (QED) is 0.176. The molecule has 4 heterocycles. The monoisotopic (exact) mass is 746 g/mol. The summed E-state index contributed by atoms with van der Waals surface area (Å²) in [6.45, 7) is 0. The second-order valence-electron chi connectivity index (χ2n) is 14.4. The van der Waals surface area contributed by atoms with E-state index in [2.05, 4.69) is 138 Å². The smallest absolute Gasteiger partial charge is 0.165 e. The lowest BCUT2D eigenvalue weighted by atomic mass is 10.0. The Morgan fingerprint density at radius 3 is 1.70 bits per heavy atom. The van der Waals surface area contributed by atoms with Crippen LogP contribution in [0.15, 0.2) is 186 Å². The van der Waals surface area contributed by atoms with Crippen LogP contribution in [0, 0.1) is 0 Å². The van der Waals surface area contributed by atoms with Gasteiger partial charge in [-0.15, -0.1) is 11.3 Å². The van der Waals surface area contributed by atoms with E-state index in [0.717, 1.165) is 65.7 Å². The maximum Gasteiger partial charge on any atom is 0.165 e. The van der Waals surface area contributed by atoms with Gasteiger partial charge in [0.1, 0.15) is 11.2 Å². The van der Waals surface area contributed by atoms with Gasteiger partial charge in [-0.25, -0.2) is 15.0 Å². The maximum absolute atomic E-state index is 6.30. The number of fused-ring (bicyclic) bond motifs is 10. The lowest BCUT2D eigenvalue weighted by Gasteiger charge is -2.09. The number of rotatable bonds is 5. The Labute approximate surface area is 330 Å². The largest absolute Gasteiger partial charge is 0.456 e. The molecule has 8 aromatic carbocycles. The first kappa shape index (κ1) is 31.9. The van der Waals surface area contributed by atoms with Crippen molar-refractivity contribution in [2.45, 2.75) is 0 Å². The molecule has 0 aliphatic rings. The van der Waals surface area contributed by atoms with Crippen LogP contribution < -0.4 is 0 Å². The third kappa shape index (κ3) is 5.04. The summed E-state index contributed by atoms with van der Waals surface area (Å²) >= 11 is 1.81. The lowest BCUT2D eigenvalue weighted by molar-refractivity contribution is 0.669. The van der Waals surface area contributed by atoms with Crippen molar-refractivity contribution in [2.75, 3.05) is 0 Å². The number of thiophene rings is 1. The van der Waals surface area contributed by atoms with Gasteiger partial charge in [0.15, 0.2) is 17.5 Å². The van der Waals surface area contributed by atoms with Gasteiger partial charge in [0.2, 0.25) is 0 Å². The Bertz CT molecular complexity index is 3460. The maximum atomic E-state index is 6.30. The minimum atomic E-state index is 0.652. The fraction of sp³-hybridized carbons (Fsp3) is 0. The third-order valence-electron chi connectivity index (χ3n) is 11.1.